The number of hydrogen-bond donors (Lipinski definition) is 0. The van der Waals surface area contributed by atoms with E-state index < -0.39 is 0 Å². The summed E-state index contributed by atoms with van der Waals surface area (Å²) >= 11 is 0. The highest BCUT2D eigenvalue weighted by atomic mass is 16.8. The van der Waals surface area contributed by atoms with Gasteiger partial charge in [0.05, 0.1) is 5.29 Å². The average Bonchev–Trinajstić information content (AvgIpc) is 1.80. The number of nitroso groups, excluding NO2 is 1. The van der Waals surface area contributed by atoms with Gasteiger partial charge < -0.3 is 0 Å². The van der Waals surface area contributed by atoms with Crippen molar-refractivity contribution in [2.24, 2.45) is 5.29 Å². The van der Waals surface area contributed by atoms with E-state index in [0.29, 0.717) is 0 Å². The second kappa shape index (κ2) is 2.51. The van der Waals surface area contributed by atoms with Gasteiger partial charge in [0.2, 0.25) is 0 Å². The predicted octanol–water partition coefficient (Wildman–Crippen LogP) is 0.886. The summed E-state index contributed by atoms with van der Waals surface area (Å²) in [5, 5.41) is 5.34. The molecule has 1 aliphatic rings. The van der Waals surface area contributed by atoms with Gasteiger partial charge in [0.1, 0.15) is 0 Å². The molecule has 1 rings (SSSR count). The predicted molar refractivity (Wildman–Crippen MR) is 35.2 cm³/mol. The first-order valence-electron chi connectivity index (χ1n) is 3.25. The molecular formula is C5H11N3O2. The molecule has 1 saturated heterocycles. The molecule has 5 heteroatoms. The van der Waals surface area contributed by atoms with E-state index in [4.69, 9.17) is 4.84 Å². The molecule has 0 amide bonds. The molecular weight excluding hydrogens is 134 g/mol. The summed E-state index contributed by atoms with van der Waals surface area (Å²) in [6, 6.07) is 0.251. The van der Waals surface area contributed by atoms with Crippen molar-refractivity contribution in [1.82, 2.24) is 10.3 Å². The Kier molecular flexibility index (Phi) is 1.87. The molecule has 0 radical (unpaired) electrons. The highest BCUT2D eigenvalue weighted by Gasteiger charge is 2.37. The summed E-state index contributed by atoms with van der Waals surface area (Å²) in [6.45, 7) is 5.80. The Bertz CT molecular complexity index is 134. The molecule has 5 nitrogen and oxygen atoms in total. The summed E-state index contributed by atoms with van der Waals surface area (Å²) in [4.78, 5) is 14.8. The molecule has 0 aromatic heterocycles. The molecule has 0 aliphatic carbocycles. The van der Waals surface area contributed by atoms with Crippen LogP contribution in [0.25, 0.3) is 0 Å². The third-order valence-electron chi connectivity index (χ3n) is 1.42. The maximum Gasteiger partial charge on any atom is 0.160 e. The van der Waals surface area contributed by atoms with E-state index in [-0.39, 0.29) is 12.3 Å². The van der Waals surface area contributed by atoms with E-state index in [1.807, 2.05) is 20.8 Å². The van der Waals surface area contributed by atoms with Crippen molar-refractivity contribution in [1.29, 1.82) is 0 Å². The van der Waals surface area contributed by atoms with Crippen LogP contribution in [0.3, 0.4) is 0 Å². The van der Waals surface area contributed by atoms with Crippen LogP contribution in [0, 0.1) is 4.91 Å². The lowest BCUT2D eigenvalue weighted by Gasteiger charge is -2.45. The first kappa shape index (κ1) is 7.43. The molecule has 0 aromatic carbocycles. The molecule has 0 spiro atoms. The monoisotopic (exact) mass is 145 g/mol. The van der Waals surface area contributed by atoms with Crippen LogP contribution in [0.4, 0.5) is 0 Å². The minimum atomic E-state index is -0.0299. The van der Waals surface area contributed by atoms with Gasteiger partial charge in [0, 0.05) is 6.04 Å². The first-order chi connectivity index (χ1) is 4.66. The zero-order valence-corrected chi connectivity index (χ0v) is 6.31. The summed E-state index contributed by atoms with van der Waals surface area (Å²) in [7, 11) is 0. The number of hydrazine groups is 1. The smallest absolute Gasteiger partial charge is 0.160 e. The third kappa shape index (κ3) is 0.975. The molecule has 1 atom stereocenters. The van der Waals surface area contributed by atoms with Crippen LogP contribution in [-0.4, -0.2) is 22.6 Å². The van der Waals surface area contributed by atoms with Crippen LogP contribution in [0.15, 0.2) is 5.29 Å². The summed E-state index contributed by atoms with van der Waals surface area (Å²) in [6.07, 6.45) is -0.0299. The summed E-state index contributed by atoms with van der Waals surface area (Å²) in [5.74, 6) is 0. The van der Waals surface area contributed by atoms with E-state index in [2.05, 4.69) is 5.29 Å². The Morgan fingerprint density at radius 1 is 1.60 bits per heavy atom. The number of nitrogens with zero attached hydrogens (tertiary/aromatic N) is 3. The van der Waals surface area contributed by atoms with Crippen LogP contribution < -0.4 is 0 Å². The molecule has 0 N–H and O–H groups in total. The first-order valence-corrected chi connectivity index (χ1v) is 3.25. The Hall–Kier alpha value is -0.680. The molecule has 0 bridgehead atoms. The Balaban J connectivity index is 2.47. The molecule has 10 heavy (non-hydrogen) atoms. The van der Waals surface area contributed by atoms with E-state index in [0.717, 1.165) is 5.28 Å². The van der Waals surface area contributed by atoms with Gasteiger partial charge in [-0.3, -0.25) is 0 Å². The topological polar surface area (TPSA) is 45.1 Å². The lowest BCUT2D eigenvalue weighted by Crippen LogP contribution is -2.61. The lowest BCUT2D eigenvalue weighted by molar-refractivity contribution is -0.473. The summed E-state index contributed by atoms with van der Waals surface area (Å²) in [5.41, 5.74) is 0. The van der Waals surface area contributed by atoms with E-state index in [1.54, 1.807) is 5.01 Å². The Morgan fingerprint density at radius 2 is 2.20 bits per heavy atom. The van der Waals surface area contributed by atoms with Crippen molar-refractivity contribution in [3.05, 3.63) is 4.91 Å². The van der Waals surface area contributed by atoms with Crippen LogP contribution in [0.1, 0.15) is 20.8 Å². The van der Waals surface area contributed by atoms with Gasteiger partial charge in [-0.25, -0.2) is 4.84 Å². The van der Waals surface area contributed by atoms with Gasteiger partial charge in [-0.2, -0.15) is 0 Å². The molecule has 1 aliphatic heterocycles. The zero-order chi connectivity index (χ0) is 7.72. The van der Waals surface area contributed by atoms with Crippen molar-refractivity contribution < 1.29 is 4.84 Å². The van der Waals surface area contributed by atoms with E-state index in [1.165, 1.54) is 0 Å². The Morgan fingerprint density at radius 3 is 2.40 bits per heavy atom. The quantitative estimate of drug-likeness (QED) is 0.541. The van der Waals surface area contributed by atoms with Crippen LogP contribution in [0.2, 0.25) is 0 Å². The van der Waals surface area contributed by atoms with Crippen molar-refractivity contribution in [3.8, 4) is 0 Å². The van der Waals surface area contributed by atoms with Crippen LogP contribution in [0.5, 0.6) is 0 Å². The van der Waals surface area contributed by atoms with Crippen molar-refractivity contribution in [3.63, 3.8) is 0 Å². The van der Waals surface area contributed by atoms with Crippen LogP contribution in [-0.2, 0) is 4.84 Å². The SMILES string of the molecule is CC(C)N1C(C)ON1N=O. The lowest BCUT2D eigenvalue weighted by atomic mass is 10.3. The van der Waals surface area contributed by atoms with Crippen molar-refractivity contribution in [2.45, 2.75) is 33.0 Å². The minimum Gasteiger partial charge on any atom is -0.218 e. The fourth-order valence-electron chi connectivity index (χ4n) is 1.02. The van der Waals surface area contributed by atoms with E-state index >= 15 is 0 Å². The maximum atomic E-state index is 9.96. The fraction of sp³-hybridized carbons (Fsp3) is 1.00. The largest absolute Gasteiger partial charge is 0.218 e. The molecule has 1 fully saturated rings. The molecule has 58 valence electrons. The fourth-order valence-corrected chi connectivity index (χ4v) is 1.02. The normalized spacial score (nSPS) is 26.8. The van der Waals surface area contributed by atoms with Gasteiger partial charge in [0.25, 0.3) is 0 Å². The minimum absolute atomic E-state index is 0.0299. The molecule has 1 heterocycles. The van der Waals surface area contributed by atoms with Gasteiger partial charge in [-0.1, -0.05) is 5.28 Å². The van der Waals surface area contributed by atoms with Gasteiger partial charge in [-0.05, 0) is 20.8 Å². The van der Waals surface area contributed by atoms with Crippen molar-refractivity contribution in [2.75, 3.05) is 0 Å². The molecule has 0 aromatic rings. The molecule has 0 saturated carbocycles. The zero-order valence-electron chi connectivity index (χ0n) is 6.31. The van der Waals surface area contributed by atoms with Crippen LogP contribution >= 0.6 is 0 Å². The standard InChI is InChI=1S/C5H11N3O2/c1-4(2)7-5(3)10-8(7)6-9/h4-5H,1-3H3. The third-order valence-corrected chi connectivity index (χ3v) is 1.42. The van der Waals surface area contributed by atoms with E-state index in [9.17, 15) is 4.91 Å². The molecule has 1 unspecified atom stereocenters. The van der Waals surface area contributed by atoms with Gasteiger partial charge in [0.15, 0.2) is 6.23 Å². The van der Waals surface area contributed by atoms with Gasteiger partial charge in [-0.15, -0.1) is 9.92 Å². The maximum absolute atomic E-state index is 9.96. The van der Waals surface area contributed by atoms with Gasteiger partial charge >= 0.3 is 0 Å². The number of rotatable bonds is 2. The summed E-state index contributed by atoms with van der Waals surface area (Å²) < 4.78 is 0. The highest BCUT2D eigenvalue weighted by molar-refractivity contribution is 4.62. The second-order valence-electron chi connectivity index (χ2n) is 2.51. The highest BCUT2D eigenvalue weighted by Crippen LogP contribution is 2.22. The Labute approximate surface area is 59.4 Å². The van der Waals surface area contributed by atoms with Crippen molar-refractivity contribution >= 4 is 0 Å². The second-order valence-corrected chi connectivity index (χ2v) is 2.51. The number of hydrogen-bond acceptors (Lipinski definition) is 4. The average molecular weight is 145 g/mol.